The molecule has 0 amide bonds. The summed E-state index contributed by atoms with van der Waals surface area (Å²) in [5.74, 6) is 0.481. The molecule has 4 heteroatoms. The largest absolute Gasteiger partial charge is 0.212 e. The van der Waals surface area contributed by atoms with Gasteiger partial charge in [0.25, 0.3) is 0 Å². The van der Waals surface area contributed by atoms with Crippen LogP contribution in [0.1, 0.15) is 65.6 Å². The van der Waals surface area contributed by atoms with Crippen molar-refractivity contribution < 1.29 is 18.3 Å². The standard InChI is InChI=1S/C22H24N.C21H22N.C20H20N.C19H18N/c1-16(2)20-14-22(19-13-9-8-10-17(19)3)23(4)15-21(20)18-11-6-5-7-12-18;1-4-17-14-21(19-13-9-8-10-16(19)2)22(3)15-20(17)18-11-6-5-7-12-18;1-15-9-7-8-12-18(15)20-13-16(2)19(14-21(20)3)17-10-5-4-6-11-17;1-15-8-6-7-11-18(15)19-13-12-17(14-20(19)2)16-9-4-3-5-10-16/h5-16H,1-4H3;5-15H,4H2,1-3H3;4-14H,1-3H3;3-14H,1-2H3/q4*+1. The number of pyridine rings is 4. The van der Waals surface area contributed by atoms with Gasteiger partial charge in [-0.15, -0.1) is 0 Å². The molecule has 4 aromatic heterocycles. The monoisotopic (exact) mass is 1120 g/mol. The number of hydrogen-bond acceptors (Lipinski definition) is 0. The summed E-state index contributed by atoms with van der Waals surface area (Å²) in [6, 6.07) is 87.9. The van der Waals surface area contributed by atoms with Crippen molar-refractivity contribution in [2.45, 2.75) is 67.7 Å². The molecule has 12 rings (SSSR count). The van der Waals surface area contributed by atoms with Gasteiger partial charge >= 0.3 is 0 Å². The van der Waals surface area contributed by atoms with E-state index in [1.54, 1.807) is 0 Å². The van der Waals surface area contributed by atoms with Gasteiger partial charge < -0.3 is 0 Å². The number of rotatable bonds is 10. The van der Waals surface area contributed by atoms with E-state index in [0.29, 0.717) is 5.92 Å². The van der Waals surface area contributed by atoms with Crippen LogP contribution < -0.4 is 18.3 Å². The molecule has 0 aliphatic carbocycles. The summed E-state index contributed by atoms with van der Waals surface area (Å²) < 4.78 is 8.91. The van der Waals surface area contributed by atoms with Crippen LogP contribution in [0.25, 0.3) is 89.5 Å². The number of nitrogens with zero attached hydrogens (tertiary/aromatic N) is 4. The van der Waals surface area contributed by atoms with Crippen LogP contribution in [0, 0.1) is 34.6 Å². The highest BCUT2D eigenvalue weighted by Gasteiger charge is 2.22. The molecule has 0 N–H and O–H groups in total. The van der Waals surface area contributed by atoms with Crippen LogP contribution in [0.5, 0.6) is 0 Å². The van der Waals surface area contributed by atoms with Gasteiger partial charge in [-0.05, 0) is 138 Å². The average molecular weight is 1130 g/mol. The molecule has 0 spiro atoms. The van der Waals surface area contributed by atoms with Gasteiger partial charge in [0, 0.05) is 68.8 Å². The second-order valence-electron chi connectivity index (χ2n) is 22.9. The molecule has 86 heavy (non-hydrogen) atoms. The van der Waals surface area contributed by atoms with Crippen molar-refractivity contribution in [1.29, 1.82) is 0 Å². The highest BCUT2D eigenvalue weighted by atomic mass is 14.9. The minimum absolute atomic E-state index is 0.481. The molecular formula is C82H84N4+4. The maximum absolute atomic E-state index is 2.36. The van der Waals surface area contributed by atoms with Gasteiger partial charge in [-0.25, -0.2) is 18.3 Å². The number of aromatic nitrogens is 4. The fourth-order valence-corrected chi connectivity index (χ4v) is 11.5. The maximum Gasteiger partial charge on any atom is 0.212 e. The lowest BCUT2D eigenvalue weighted by atomic mass is 9.92. The van der Waals surface area contributed by atoms with E-state index in [1.165, 1.54) is 128 Å². The third-order valence-corrected chi connectivity index (χ3v) is 16.3. The summed E-state index contributed by atoms with van der Waals surface area (Å²) in [5, 5.41) is 0. The van der Waals surface area contributed by atoms with Gasteiger partial charge in [0.2, 0.25) is 22.8 Å². The summed E-state index contributed by atoms with van der Waals surface area (Å²) in [5.41, 5.74) is 29.8. The van der Waals surface area contributed by atoms with Crippen molar-refractivity contribution in [1.82, 2.24) is 0 Å². The fraction of sp³-hybridized carbons (Fsp3) is 0.171. The highest BCUT2D eigenvalue weighted by Crippen LogP contribution is 2.33. The molecule has 0 aliphatic heterocycles. The lowest BCUT2D eigenvalue weighted by Gasteiger charge is -2.14. The van der Waals surface area contributed by atoms with Crippen LogP contribution >= 0.6 is 0 Å². The zero-order chi connectivity index (χ0) is 60.7. The lowest BCUT2D eigenvalue weighted by Crippen LogP contribution is -2.31. The van der Waals surface area contributed by atoms with E-state index in [9.17, 15) is 0 Å². The summed E-state index contributed by atoms with van der Waals surface area (Å²) in [7, 11) is 8.49. The van der Waals surface area contributed by atoms with Gasteiger partial charge in [0.15, 0.2) is 24.8 Å². The molecule has 0 saturated heterocycles. The van der Waals surface area contributed by atoms with Crippen LogP contribution in [0.4, 0.5) is 0 Å². The van der Waals surface area contributed by atoms with Gasteiger partial charge in [-0.2, -0.15) is 0 Å². The van der Waals surface area contributed by atoms with E-state index in [-0.39, 0.29) is 0 Å². The molecule has 0 radical (unpaired) electrons. The Morgan fingerprint density at radius 3 is 1.00 bits per heavy atom. The Hall–Kier alpha value is -9.64. The van der Waals surface area contributed by atoms with Crippen LogP contribution in [-0.4, -0.2) is 0 Å². The zero-order valence-electron chi connectivity index (χ0n) is 52.6. The molecule has 0 fully saturated rings. The summed E-state index contributed by atoms with van der Waals surface area (Å²) in [6.45, 7) is 17.6. The van der Waals surface area contributed by atoms with Crippen LogP contribution in [0.2, 0.25) is 0 Å². The molecule has 8 aromatic carbocycles. The summed E-state index contributed by atoms with van der Waals surface area (Å²) in [4.78, 5) is 0. The normalized spacial score (nSPS) is 10.7. The minimum Gasteiger partial charge on any atom is -0.200 e. The SMILES string of the molecule is CCc1cc(-c2ccccc2C)[n+](C)cc1-c1ccccc1.Cc1cc(-c2ccccc2C)[n+](C)cc1-c1ccccc1.Cc1ccccc1-c1cc(C(C)C)c(-c2ccccc2)c[n+]1C.Cc1ccccc1-c1ccc(-c2ccccc2)c[n+]1C. The lowest BCUT2D eigenvalue weighted by molar-refractivity contribution is -0.660. The number of hydrogen-bond donors (Lipinski definition) is 0. The average Bonchev–Trinajstić information content (AvgIpc) is 3.14. The van der Waals surface area contributed by atoms with Crippen LogP contribution in [0.3, 0.4) is 0 Å². The third-order valence-electron chi connectivity index (χ3n) is 16.3. The molecule has 4 nitrogen and oxygen atoms in total. The van der Waals surface area contributed by atoms with E-state index >= 15 is 0 Å². The van der Waals surface area contributed by atoms with Gasteiger partial charge in [-0.3, -0.25) is 0 Å². The van der Waals surface area contributed by atoms with Crippen LogP contribution in [0.15, 0.2) is 274 Å². The second kappa shape index (κ2) is 28.8. The van der Waals surface area contributed by atoms with Crippen molar-refractivity contribution in [3.8, 4) is 89.5 Å². The Morgan fingerprint density at radius 1 is 0.267 bits per heavy atom. The smallest absolute Gasteiger partial charge is 0.200 e. The molecule has 0 unspecified atom stereocenters. The number of aryl methyl sites for hydroxylation is 10. The van der Waals surface area contributed by atoms with E-state index in [1.807, 2.05) is 6.07 Å². The molecule has 428 valence electrons. The molecule has 0 bridgehead atoms. The van der Waals surface area contributed by atoms with Gasteiger partial charge in [0.05, 0.1) is 0 Å². The maximum atomic E-state index is 2.36. The van der Waals surface area contributed by atoms with Crippen LogP contribution in [-0.2, 0) is 34.6 Å². The Kier molecular flexibility index (Phi) is 20.4. The first kappa shape index (κ1) is 60.9. The molecule has 0 aliphatic rings. The van der Waals surface area contributed by atoms with E-state index in [0.717, 1.165) is 6.42 Å². The minimum atomic E-state index is 0.481. The Labute approximate surface area is 513 Å². The third kappa shape index (κ3) is 14.6. The van der Waals surface area contributed by atoms with Crippen molar-refractivity contribution in [3.63, 3.8) is 0 Å². The van der Waals surface area contributed by atoms with Gasteiger partial charge in [0.1, 0.15) is 28.2 Å². The Balaban J connectivity index is 0.000000137. The second-order valence-corrected chi connectivity index (χ2v) is 22.9. The Morgan fingerprint density at radius 2 is 0.593 bits per heavy atom. The van der Waals surface area contributed by atoms with Crippen molar-refractivity contribution in [3.05, 3.63) is 312 Å². The molecule has 0 saturated carbocycles. The first-order valence-electron chi connectivity index (χ1n) is 30.2. The topological polar surface area (TPSA) is 15.5 Å². The summed E-state index contributed by atoms with van der Waals surface area (Å²) in [6.07, 6.45) is 9.98. The predicted octanol–water partition coefficient (Wildman–Crippen LogP) is 18.6. The van der Waals surface area contributed by atoms with Gasteiger partial charge in [-0.1, -0.05) is 215 Å². The van der Waals surface area contributed by atoms with Crippen molar-refractivity contribution in [2.75, 3.05) is 0 Å². The van der Waals surface area contributed by atoms with Crippen molar-refractivity contribution in [2.24, 2.45) is 28.2 Å². The fourth-order valence-electron chi connectivity index (χ4n) is 11.5. The first-order chi connectivity index (χ1) is 41.7. The summed E-state index contributed by atoms with van der Waals surface area (Å²) >= 11 is 0. The predicted molar refractivity (Wildman–Crippen MR) is 361 cm³/mol. The molecule has 12 aromatic rings. The first-order valence-corrected chi connectivity index (χ1v) is 30.2. The van der Waals surface area contributed by atoms with E-state index in [2.05, 4.69) is 369 Å². The van der Waals surface area contributed by atoms with E-state index in [4.69, 9.17) is 0 Å². The van der Waals surface area contributed by atoms with Crippen molar-refractivity contribution >= 4 is 0 Å². The number of benzene rings is 8. The highest BCUT2D eigenvalue weighted by molar-refractivity contribution is 5.73. The molecule has 0 atom stereocenters. The zero-order valence-corrected chi connectivity index (χ0v) is 52.6. The molecule has 4 heterocycles. The molecular weight excluding hydrogens is 1040 g/mol. The van der Waals surface area contributed by atoms with E-state index < -0.39 is 0 Å². The Bertz CT molecular complexity index is 4200. The quantitative estimate of drug-likeness (QED) is 0.121.